The van der Waals surface area contributed by atoms with Crippen molar-refractivity contribution in [1.82, 2.24) is 15.0 Å². The Morgan fingerprint density at radius 2 is 1.62 bits per heavy atom. The van der Waals surface area contributed by atoms with E-state index in [1.54, 1.807) is 23.5 Å². The number of amides is 1. The fourth-order valence-electron chi connectivity index (χ4n) is 3.37. The summed E-state index contributed by atoms with van der Waals surface area (Å²) in [6.07, 6.45) is 1.54. The van der Waals surface area contributed by atoms with Crippen molar-refractivity contribution in [3.05, 3.63) is 95.1 Å². The molecular formula is C25H19N5OS. The van der Waals surface area contributed by atoms with Crippen LogP contribution in [0.15, 0.2) is 84.5 Å². The first-order valence-electron chi connectivity index (χ1n) is 10.1. The average molecular weight is 438 g/mol. The highest BCUT2D eigenvalue weighted by Crippen LogP contribution is 2.25. The Hall–Kier alpha value is -4.10. The smallest absolute Gasteiger partial charge is 0.255 e. The average Bonchev–Trinajstić information content (AvgIpc) is 3.26. The van der Waals surface area contributed by atoms with E-state index in [0.29, 0.717) is 5.56 Å². The van der Waals surface area contributed by atoms with Gasteiger partial charge in [0.25, 0.3) is 5.91 Å². The van der Waals surface area contributed by atoms with Gasteiger partial charge in [-0.05, 0) is 55.5 Å². The highest BCUT2D eigenvalue weighted by Gasteiger charge is 2.09. The Morgan fingerprint density at radius 3 is 2.38 bits per heavy atom. The van der Waals surface area contributed by atoms with Crippen LogP contribution in [0.4, 0.5) is 17.2 Å². The van der Waals surface area contributed by atoms with Crippen LogP contribution in [0.3, 0.4) is 0 Å². The van der Waals surface area contributed by atoms with Gasteiger partial charge in [0.15, 0.2) is 0 Å². The number of anilines is 3. The summed E-state index contributed by atoms with van der Waals surface area (Å²) in [4.78, 5) is 25.8. The van der Waals surface area contributed by atoms with Crippen LogP contribution in [0.2, 0.25) is 0 Å². The number of rotatable bonds is 5. The number of hydrogen-bond acceptors (Lipinski definition) is 6. The third-order valence-electron chi connectivity index (χ3n) is 5.01. The lowest BCUT2D eigenvalue weighted by molar-refractivity contribution is 0.102. The van der Waals surface area contributed by atoms with Gasteiger partial charge in [-0.3, -0.25) is 4.79 Å². The quantitative estimate of drug-likeness (QED) is 0.349. The van der Waals surface area contributed by atoms with Crippen molar-refractivity contribution < 1.29 is 4.79 Å². The van der Waals surface area contributed by atoms with Gasteiger partial charge >= 0.3 is 0 Å². The standard InChI is InChI=1S/C25H19N5OS/c1-16-28-23(14-32-16)17-6-10-20(11-7-17)30-25(31)18-8-12-19(13-9-18)29-24-21-4-2-3-5-22(21)26-15-27-24/h2-15H,1H3,(H,30,31)(H,26,27,29). The van der Waals surface area contributed by atoms with E-state index in [9.17, 15) is 4.79 Å². The predicted octanol–water partition coefficient (Wildman–Crippen LogP) is 6.06. The van der Waals surface area contributed by atoms with Crippen LogP contribution in [0.1, 0.15) is 15.4 Å². The van der Waals surface area contributed by atoms with Gasteiger partial charge in [0, 0.05) is 33.3 Å². The van der Waals surface area contributed by atoms with E-state index in [4.69, 9.17) is 0 Å². The van der Waals surface area contributed by atoms with Crippen LogP contribution >= 0.6 is 11.3 Å². The zero-order valence-corrected chi connectivity index (χ0v) is 18.1. The van der Waals surface area contributed by atoms with Crippen molar-refractivity contribution in [3.8, 4) is 11.3 Å². The third-order valence-corrected chi connectivity index (χ3v) is 5.78. The van der Waals surface area contributed by atoms with E-state index in [2.05, 4.69) is 25.6 Å². The van der Waals surface area contributed by atoms with Crippen LogP contribution in [-0.2, 0) is 0 Å². The highest BCUT2D eigenvalue weighted by molar-refractivity contribution is 7.09. The van der Waals surface area contributed by atoms with E-state index in [-0.39, 0.29) is 5.91 Å². The number of thiazole rings is 1. The summed E-state index contributed by atoms with van der Waals surface area (Å²) in [7, 11) is 0. The van der Waals surface area contributed by atoms with Crippen LogP contribution in [0.5, 0.6) is 0 Å². The Bertz CT molecular complexity index is 1390. The van der Waals surface area contributed by atoms with Gasteiger partial charge in [0.1, 0.15) is 12.1 Å². The Morgan fingerprint density at radius 1 is 0.875 bits per heavy atom. The molecule has 0 atom stereocenters. The largest absolute Gasteiger partial charge is 0.340 e. The van der Waals surface area contributed by atoms with Crippen LogP contribution in [-0.4, -0.2) is 20.9 Å². The maximum absolute atomic E-state index is 12.7. The monoisotopic (exact) mass is 437 g/mol. The molecule has 7 heteroatoms. The van der Waals surface area contributed by atoms with Gasteiger partial charge < -0.3 is 10.6 Å². The van der Waals surface area contributed by atoms with Gasteiger partial charge in [0.05, 0.1) is 16.2 Å². The molecule has 1 amide bonds. The van der Waals surface area contributed by atoms with Crippen molar-refractivity contribution in [1.29, 1.82) is 0 Å². The van der Waals surface area contributed by atoms with Gasteiger partial charge in [-0.25, -0.2) is 15.0 Å². The minimum absolute atomic E-state index is 0.165. The molecule has 0 aliphatic heterocycles. The van der Waals surface area contributed by atoms with E-state index in [1.807, 2.05) is 73.0 Å². The normalized spacial score (nSPS) is 10.8. The topological polar surface area (TPSA) is 79.8 Å². The SMILES string of the molecule is Cc1nc(-c2ccc(NC(=O)c3ccc(Nc4ncnc5ccccc45)cc3)cc2)cs1. The van der Waals surface area contributed by atoms with Gasteiger partial charge in [0.2, 0.25) is 0 Å². The van der Waals surface area contributed by atoms with Crippen molar-refractivity contribution in [2.24, 2.45) is 0 Å². The molecule has 0 saturated carbocycles. The number of nitrogens with zero attached hydrogens (tertiary/aromatic N) is 3. The molecule has 0 spiro atoms. The molecule has 32 heavy (non-hydrogen) atoms. The first-order chi connectivity index (χ1) is 15.7. The van der Waals surface area contributed by atoms with E-state index in [1.165, 1.54) is 6.33 Å². The first-order valence-corrected chi connectivity index (χ1v) is 10.9. The summed E-state index contributed by atoms with van der Waals surface area (Å²) in [5.41, 5.74) is 5.00. The summed E-state index contributed by atoms with van der Waals surface area (Å²) >= 11 is 1.62. The molecule has 3 aromatic carbocycles. The zero-order valence-electron chi connectivity index (χ0n) is 17.2. The molecule has 0 radical (unpaired) electrons. The molecule has 0 fully saturated rings. The summed E-state index contributed by atoms with van der Waals surface area (Å²) in [6.45, 7) is 1.99. The second kappa shape index (κ2) is 8.56. The molecule has 0 unspecified atom stereocenters. The fourth-order valence-corrected chi connectivity index (χ4v) is 3.99. The molecule has 156 valence electrons. The number of aromatic nitrogens is 3. The molecule has 5 aromatic rings. The Kier molecular flexibility index (Phi) is 5.31. The summed E-state index contributed by atoms with van der Waals surface area (Å²) < 4.78 is 0. The number of carbonyl (C=O) groups excluding carboxylic acids is 1. The Labute approximate surface area is 189 Å². The third kappa shape index (κ3) is 4.19. The molecule has 0 bridgehead atoms. The Balaban J connectivity index is 1.27. The van der Waals surface area contributed by atoms with E-state index in [0.717, 1.165) is 44.4 Å². The highest BCUT2D eigenvalue weighted by atomic mass is 32.1. The molecule has 6 nitrogen and oxygen atoms in total. The second-order valence-electron chi connectivity index (χ2n) is 7.23. The lowest BCUT2D eigenvalue weighted by Gasteiger charge is -2.10. The van der Waals surface area contributed by atoms with Crippen LogP contribution < -0.4 is 10.6 Å². The minimum Gasteiger partial charge on any atom is -0.340 e. The summed E-state index contributed by atoms with van der Waals surface area (Å²) in [5, 5.41) is 10.2. The van der Waals surface area contributed by atoms with Crippen molar-refractivity contribution in [3.63, 3.8) is 0 Å². The van der Waals surface area contributed by atoms with Crippen LogP contribution in [0, 0.1) is 6.92 Å². The van der Waals surface area contributed by atoms with Crippen molar-refractivity contribution in [2.45, 2.75) is 6.92 Å². The molecule has 0 aliphatic carbocycles. The molecule has 2 aromatic heterocycles. The van der Waals surface area contributed by atoms with Gasteiger partial charge in [-0.2, -0.15) is 0 Å². The lowest BCUT2D eigenvalue weighted by atomic mass is 10.1. The number of benzene rings is 3. The number of fused-ring (bicyclic) bond motifs is 1. The zero-order chi connectivity index (χ0) is 21.9. The summed E-state index contributed by atoms with van der Waals surface area (Å²) in [6, 6.07) is 22.8. The molecule has 5 rings (SSSR count). The molecule has 0 saturated heterocycles. The van der Waals surface area contributed by atoms with Crippen LogP contribution in [0.25, 0.3) is 22.2 Å². The predicted molar refractivity (Wildman–Crippen MR) is 130 cm³/mol. The van der Waals surface area contributed by atoms with E-state index >= 15 is 0 Å². The number of nitrogens with one attached hydrogen (secondary N) is 2. The fraction of sp³-hybridized carbons (Fsp3) is 0.0400. The summed E-state index contributed by atoms with van der Waals surface area (Å²) in [5.74, 6) is 0.560. The molecule has 2 N–H and O–H groups in total. The van der Waals surface area contributed by atoms with E-state index < -0.39 is 0 Å². The molecule has 2 heterocycles. The van der Waals surface area contributed by atoms with Crippen molar-refractivity contribution in [2.75, 3.05) is 10.6 Å². The molecule has 0 aliphatic rings. The maximum atomic E-state index is 12.7. The van der Waals surface area contributed by atoms with Crippen molar-refractivity contribution >= 4 is 45.3 Å². The number of para-hydroxylation sites is 1. The molecular weight excluding hydrogens is 418 g/mol. The van der Waals surface area contributed by atoms with Gasteiger partial charge in [-0.15, -0.1) is 11.3 Å². The number of hydrogen-bond donors (Lipinski definition) is 2. The number of aryl methyl sites for hydroxylation is 1. The van der Waals surface area contributed by atoms with Gasteiger partial charge in [-0.1, -0.05) is 24.3 Å². The second-order valence-corrected chi connectivity index (χ2v) is 8.29. The maximum Gasteiger partial charge on any atom is 0.255 e. The number of carbonyl (C=O) groups is 1. The minimum atomic E-state index is -0.165. The lowest BCUT2D eigenvalue weighted by Crippen LogP contribution is -2.11. The first kappa shape index (κ1) is 19.8.